The highest BCUT2D eigenvalue weighted by Crippen LogP contribution is 2.30. The van der Waals surface area contributed by atoms with Gasteiger partial charge in [-0.25, -0.2) is 12.4 Å². The first-order chi connectivity index (χ1) is 11.5. The molecule has 5 heteroatoms. The average molecular weight is 340 g/mol. The molecule has 0 unspecified atom stereocenters. The molecule has 3 aromatic rings. The SMILES string of the molecule is Cc1c(C)n(S(=O)(=O)c2ccc3c(c2)CNCC3)c2ccccc12. The highest BCUT2D eigenvalue weighted by molar-refractivity contribution is 7.90. The predicted octanol–water partition coefficient (Wildman–Crippen LogP) is 3.14. The van der Waals surface area contributed by atoms with Crippen molar-refractivity contribution in [2.45, 2.75) is 31.7 Å². The summed E-state index contributed by atoms with van der Waals surface area (Å²) in [4.78, 5) is 0.355. The number of nitrogens with one attached hydrogen (secondary N) is 1. The molecule has 24 heavy (non-hydrogen) atoms. The lowest BCUT2D eigenvalue weighted by Gasteiger charge is -2.18. The van der Waals surface area contributed by atoms with Crippen LogP contribution >= 0.6 is 0 Å². The first-order valence-electron chi connectivity index (χ1n) is 8.15. The van der Waals surface area contributed by atoms with Gasteiger partial charge in [0.15, 0.2) is 0 Å². The van der Waals surface area contributed by atoms with Gasteiger partial charge in [0.05, 0.1) is 10.4 Å². The lowest BCUT2D eigenvalue weighted by atomic mass is 10.0. The second kappa shape index (κ2) is 5.46. The van der Waals surface area contributed by atoms with Crippen molar-refractivity contribution in [3.05, 3.63) is 64.8 Å². The van der Waals surface area contributed by atoms with Crippen molar-refractivity contribution in [3.63, 3.8) is 0 Å². The molecule has 1 aliphatic heterocycles. The summed E-state index contributed by atoms with van der Waals surface area (Å²) < 4.78 is 28.1. The Hall–Kier alpha value is -2.11. The zero-order valence-corrected chi connectivity index (χ0v) is 14.7. The molecule has 1 N–H and O–H groups in total. The van der Waals surface area contributed by atoms with E-state index >= 15 is 0 Å². The number of rotatable bonds is 2. The fraction of sp³-hybridized carbons (Fsp3) is 0.263. The summed E-state index contributed by atoms with van der Waals surface area (Å²) in [6.07, 6.45) is 0.945. The summed E-state index contributed by atoms with van der Waals surface area (Å²) in [5.74, 6) is 0. The minimum absolute atomic E-state index is 0.355. The van der Waals surface area contributed by atoms with E-state index in [0.717, 1.165) is 47.2 Å². The predicted molar refractivity (Wildman–Crippen MR) is 95.8 cm³/mol. The van der Waals surface area contributed by atoms with Crippen LogP contribution in [0.5, 0.6) is 0 Å². The lowest BCUT2D eigenvalue weighted by Crippen LogP contribution is -2.24. The number of hydrogen-bond acceptors (Lipinski definition) is 3. The molecule has 124 valence electrons. The monoisotopic (exact) mass is 340 g/mol. The van der Waals surface area contributed by atoms with Gasteiger partial charge in [0.25, 0.3) is 10.0 Å². The van der Waals surface area contributed by atoms with E-state index in [-0.39, 0.29) is 0 Å². The van der Waals surface area contributed by atoms with Gasteiger partial charge in [-0.05, 0) is 61.7 Å². The van der Waals surface area contributed by atoms with Crippen molar-refractivity contribution < 1.29 is 8.42 Å². The Morgan fingerprint density at radius 3 is 2.67 bits per heavy atom. The Labute approximate surface area is 142 Å². The number of fused-ring (bicyclic) bond motifs is 2. The Morgan fingerprint density at radius 1 is 1.04 bits per heavy atom. The zero-order valence-electron chi connectivity index (χ0n) is 13.8. The van der Waals surface area contributed by atoms with E-state index < -0.39 is 10.0 Å². The van der Waals surface area contributed by atoms with Gasteiger partial charge in [-0.1, -0.05) is 24.3 Å². The van der Waals surface area contributed by atoms with E-state index in [1.807, 2.05) is 50.2 Å². The third-order valence-electron chi connectivity index (χ3n) is 4.98. The first-order valence-corrected chi connectivity index (χ1v) is 9.59. The maximum absolute atomic E-state index is 13.3. The van der Waals surface area contributed by atoms with Gasteiger partial charge in [0, 0.05) is 17.6 Å². The van der Waals surface area contributed by atoms with Crippen LogP contribution in [-0.2, 0) is 23.0 Å². The number of para-hydroxylation sites is 1. The van der Waals surface area contributed by atoms with Crippen LogP contribution in [0.3, 0.4) is 0 Å². The summed E-state index contributed by atoms with van der Waals surface area (Å²) in [7, 11) is -3.62. The molecule has 1 aliphatic rings. The third kappa shape index (κ3) is 2.19. The number of benzene rings is 2. The second-order valence-electron chi connectivity index (χ2n) is 6.35. The molecule has 0 atom stereocenters. The van der Waals surface area contributed by atoms with Gasteiger partial charge in [-0.3, -0.25) is 0 Å². The molecule has 2 heterocycles. The summed E-state index contributed by atoms with van der Waals surface area (Å²) in [5, 5.41) is 4.29. The normalized spacial score (nSPS) is 14.8. The molecule has 2 aromatic carbocycles. The van der Waals surface area contributed by atoms with E-state index in [2.05, 4.69) is 5.32 Å². The van der Waals surface area contributed by atoms with Gasteiger partial charge in [-0.15, -0.1) is 0 Å². The fourth-order valence-electron chi connectivity index (χ4n) is 3.53. The smallest absolute Gasteiger partial charge is 0.268 e. The van der Waals surface area contributed by atoms with Crippen LogP contribution in [-0.4, -0.2) is 18.9 Å². The van der Waals surface area contributed by atoms with Crippen molar-refractivity contribution in [2.75, 3.05) is 6.54 Å². The van der Waals surface area contributed by atoms with Crippen LogP contribution in [0.25, 0.3) is 10.9 Å². The quantitative estimate of drug-likeness (QED) is 0.780. The van der Waals surface area contributed by atoms with E-state index in [9.17, 15) is 8.42 Å². The second-order valence-corrected chi connectivity index (χ2v) is 8.14. The largest absolute Gasteiger partial charge is 0.312 e. The molecule has 1 aromatic heterocycles. The summed E-state index contributed by atoms with van der Waals surface area (Å²) in [5.41, 5.74) is 4.83. The Kier molecular flexibility index (Phi) is 3.51. The maximum atomic E-state index is 13.3. The van der Waals surface area contributed by atoms with Crippen molar-refractivity contribution in [1.82, 2.24) is 9.29 Å². The lowest BCUT2D eigenvalue weighted by molar-refractivity contribution is 0.586. The van der Waals surface area contributed by atoms with E-state index in [0.29, 0.717) is 4.90 Å². The number of aromatic nitrogens is 1. The van der Waals surface area contributed by atoms with Crippen LogP contribution in [0.15, 0.2) is 47.4 Å². The molecule has 0 spiro atoms. The topological polar surface area (TPSA) is 51.1 Å². The maximum Gasteiger partial charge on any atom is 0.268 e. The molecule has 0 aliphatic carbocycles. The summed E-state index contributed by atoms with van der Waals surface area (Å²) in [6.45, 7) is 5.51. The van der Waals surface area contributed by atoms with Crippen molar-refractivity contribution in [1.29, 1.82) is 0 Å². The molecule has 0 saturated carbocycles. The fourth-order valence-corrected chi connectivity index (χ4v) is 5.19. The molecule has 0 saturated heterocycles. The van der Waals surface area contributed by atoms with Crippen LogP contribution in [0.2, 0.25) is 0 Å². The molecule has 4 rings (SSSR count). The highest BCUT2D eigenvalue weighted by atomic mass is 32.2. The number of aryl methyl sites for hydroxylation is 1. The van der Waals surface area contributed by atoms with Crippen LogP contribution in [0.1, 0.15) is 22.4 Å². The van der Waals surface area contributed by atoms with Gasteiger partial charge in [0.2, 0.25) is 0 Å². The molecule has 4 nitrogen and oxygen atoms in total. The van der Waals surface area contributed by atoms with E-state index in [4.69, 9.17) is 0 Å². The van der Waals surface area contributed by atoms with Crippen molar-refractivity contribution >= 4 is 20.9 Å². The zero-order chi connectivity index (χ0) is 16.9. The average Bonchev–Trinajstić information content (AvgIpc) is 2.86. The van der Waals surface area contributed by atoms with E-state index in [1.165, 1.54) is 9.54 Å². The molecule has 0 fully saturated rings. The van der Waals surface area contributed by atoms with Gasteiger partial charge in [-0.2, -0.15) is 0 Å². The van der Waals surface area contributed by atoms with Crippen LogP contribution in [0.4, 0.5) is 0 Å². The number of hydrogen-bond donors (Lipinski definition) is 1. The Morgan fingerprint density at radius 2 is 1.83 bits per heavy atom. The number of nitrogens with zero attached hydrogens (tertiary/aromatic N) is 1. The van der Waals surface area contributed by atoms with Crippen molar-refractivity contribution in [3.8, 4) is 0 Å². The highest BCUT2D eigenvalue weighted by Gasteiger charge is 2.24. The Bertz CT molecular complexity index is 1050. The van der Waals surface area contributed by atoms with Gasteiger partial charge >= 0.3 is 0 Å². The summed E-state index contributed by atoms with van der Waals surface area (Å²) >= 11 is 0. The molecular weight excluding hydrogens is 320 g/mol. The molecular formula is C19H20N2O2S. The van der Waals surface area contributed by atoms with Crippen LogP contribution < -0.4 is 5.32 Å². The standard InChI is InChI=1S/C19H20N2O2S/c1-13-14(2)21(19-6-4-3-5-18(13)19)24(22,23)17-8-7-15-9-10-20-12-16(15)11-17/h3-8,11,20H,9-10,12H2,1-2H3. The third-order valence-corrected chi connectivity index (χ3v) is 6.78. The van der Waals surface area contributed by atoms with Gasteiger partial charge in [0.1, 0.15) is 0 Å². The van der Waals surface area contributed by atoms with Gasteiger partial charge < -0.3 is 5.32 Å². The van der Waals surface area contributed by atoms with Crippen molar-refractivity contribution in [2.24, 2.45) is 0 Å². The summed E-state index contributed by atoms with van der Waals surface area (Å²) in [6, 6.07) is 13.2. The molecule has 0 bridgehead atoms. The Balaban J connectivity index is 1.95. The minimum Gasteiger partial charge on any atom is -0.312 e. The van der Waals surface area contributed by atoms with E-state index in [1.54, 1.807) is 6.07 Å². The molecule has 0 amide bonds. The first kappa shape index (κ1) is 15.4. The molecule has 0 radical (unpaired) electrons. The minimum atomic E-state index is -3.62. The van der Waals surface area contributed by atoms with Crippen LogP contribution in [0, 0.1) is 13.8 Å².